The number of Topliss-reactive ketones (excluding diaryl/α,β-unsaturated/α-hetero) is 1. The van der Waals surface area contributed by atoms with Crippen molar-refractivity contribution in [1.82, 2.24) is 9.13 Å². The Hall–Kier alpha value is -2.43. The van der Waals surface area contributed by atoms with E-state index in [1.165, 1.54) is 24.9 Å². The fourth-order valence-electron chi connectivity index (χ4n) is 1.99. The minimum absolute atomic E-state index is 0.0372. The van der Waals surface area contributed by atoms with Crippen LogP contribution in [-0.2, 0) is 20.5 Å². The Kier molecular flexibility index (Phi) is 3.70. The van der Waals surface area contributed by atoms with Crippen molar-refractivity contribution in [1.29, 1.82) is 0 Å². The first-order chi connectivity index (χ1) is 9.40. The smallest absolute Gasteiger partial charge is 0.303 e. The van der Waals surface area contributed by atoms with Crippen molar-refractivity contribution in [3.63, 3.8) is 0 Å². The van der Waals surface area contributed by atoms with Crippen LogP contribution in [0.15, 0.2) is 40.1 Å². The van der Waals surface area contributed by atoms with Gasteiger partial charge in [0.25, 0.3) is 5.56 Å². The van der Waals surface area contributed by atoms with Crippen LogP contribution in [-0.4, -0.2) is 14.9 Å². The van der Waals surface area contributed by atoms with Gasteiger partial charge in [0.1, 0.15) is 0 Å². The summed E-state index contributed by atoms with van der Waals surface area (Å²) in [4.78, 5) is 35.7. The highest BCUT2D eigenvalue weighted by Gasteiger charge is 2.15. The fourth-order valence-corrected chi connectivity index (χ4v) is 1.99. The molecule has 0 N–H and O–H groups in total. The molecule has 0 bridgehead atoms. The van der Waals surface area contributed by atoms with Crippen LogP contribution in [0.3, 0.4) is 0 Å². The fraction of sp³-hybridized carbons (Fsp3) is 0.267. The molecule has 0 saturated carbocycles. The largest absolute Gasteiger partial charge is 0.330 e. The van der Waals surface area contributed by atoms with Gasteiger partial charge in [-0.3, -0.25) is 14.2 Å². The molecule has 1 heterocycles. The quantitative estimate of drug-likeness (QED) is 0.777. The molecule has 1 aromatic heterocycles. The van der Waals surface area contributed by atoms with E-state index in [4.69, 9.17) is 0 Å². The van der Waals surface area contributed by atoms with E-state index in [9.17, 15) is 14.4 Å². The molecule has 0 unspecified atom stereocenters. The summed E-state index contributed by atoms with van der Waals surface area (Å²) < 4.78 is 2.19. The lowest BCUT2D eigenvalue weighted by Gasteiger charge is -2.06. The lowest BCUT2D eigenvalue weighted by atomic mass is 10.0. The molecule has 2 aromatic rings. The number of hydrogen-bond donors (Lipinski definition) is 0. The van der Waals surface area contributed by atoms with Crippen molar-refractivity contribution in [2.24, 2.45) is 14.1 Å². The number of benzene rings is 1. The third-order valence-electron chi connectivity index (χ3n) is 3.23. The highest BCUT2D eigenvalue weighted by atomic mass is 16.2. The molecule has 0 fully saturated rings. The van der Waals surface area contributed by atoms with Gasteiger partial charge in [-0.2, -0.15) is 0 Å². The van der Waals surface area contributed by atoms with Crippen LogP contribution in [0.5, 0.6) is 0 Å². The predicted molar refractivity (Wildman–Crippen MR) is 76.1 cm³/mol. The first kappa shape index (κ1) is 14.0. The highest BCUT2D eigenvalue weighted by Crippen LogP contribution is 2.06. The van der Waals surface area contributed by atoms with Crippen LogP contribution in [0.25, 0.3) is 0 Å². The van der Waals surface area contributed by atoms with Crippen LogP contribution < -0.4 is 11.2 Å². The maximum absolute atomic E-state index is 12.2. The second-order valence-corrected chi connectivity index (χ2v) is 4.89. The summed E-state index contributed by atoms with van der Waals surface area (Å²) in [5.41, 5.74) is 0.998. The molecule has 1 aromatic carbocycles. The molecule has 0 amide bonds. The standard InChI is InChI=1S/C15H16N2O3/c1-10-4-6-11(7-5-10)8-13(18)12-9-16(2)15(20)17(3)14(12)19/h4-7,9H,8H2,1-3H3. The monoisotopic (exact) mass is 272 g/mol. The number of ketones is 1. The lowest BCUT2D eigenvalue weighted by Crippen LogP contribution is -2.39. The summed E-state index contributed by atoms with van der Waals surface area (Å²) in [6.45, 7) is 1.97. The van der Waals surface area contributed by atoms with Crippen LogP contribution in [0, 0.1) is 6.92 Å². The second kappa shape index (κ2) is 5.28. The van der Waals surface area contributed by atoms with Gasteiger partial charge in [0.2, 0.25) is 0 Å². The zero-order valence-corrected chi connectivity index (χ0v) is 11.7. The number of carbonyl (C=O) groups is 1. The second-order valence-electron chi connectivity index (χ2n) is 4.89. The molecule has 0 aliphatic heterocycles. The summed E-state index contributed by atoms with van der Waals surface area (Å²) in [5.74, 6) is -0.287. The normalized spacial score (nSPS) is 10.6. The molecule has 0 radical (unpaired) electrons. The Balaban J connectivity index is 2.37. The van der Waals surface area contributed by atoms with Crippen LogP contribution in [0.2, 0.25) is 0 Å². The van der Waals surface area contributed by atoms with E-state index in [0.717, 1.165) is 15.7 Å². The molecule has 0 aliphatic rings. The molecule has 5 nitrogen and oxygen atoms in total. The number of aryl methyl sites for hydroxylation is 2. The van der Waals surface area contributed by atoms with Gasteiger partial charge < -0.3 is 4.57 Å². The molecular weight excluding hydrogens is 256 g/mol. The van der Waals surface area contributed by atoms with E-state index in [2.05, 4.69) is 0 Å². The summed E-state index contributed by atoms with van der Waals surface area (Å²) in [5, 5.41) is 0. The Bertz CT molecular complexity index is 767. The number of aromatic nitrogens is 2. The van der Waals surface area contributed by atoms with Crippen molar-refractivity contribution in [2.75, 3.05) is 0 Å². The van der Waals surface area contributed by atoms with Crippen molar-refractivity contribution < 1.29 is 4.79 Å². The molecular formula is C15H16N2O3. The van der Waals surface area contributed by atoms with Gasteiger partial charge in [0, 0.05) is 26.7 Å². The molecule has 104 valence electrons. The van der Waals surface area contributed by atoms with Gasteiger partial charge in [-0.15, -0.1) is 0 Å². The Morgan fingerprint density at radius 1 is 1.10 bits per heavy atom. The zero-order chi connectivity index (χ0) is 14.9. The Labute approximate surface area is 116 Å². The van der Waals surface area contributed by atoms with Gasteiger partial charge in [0.15, 0.2) is 5.78 Å². The van der Waals surface area contributed by atoms with Gasteiger partial charge in [-0.05, 0) is 12.5 Å². The minimum Gasteiger partial charge on any atom is -0.303 e. The highest BCUT2D eigenvalue weighted by molar-refractivity contribution is 5.96. The Morgan fingerprint density at radius 3 is 2.30 bits per heavy atom. The average Bonchev–Trinajstić information content (AvgIpc) is 2.43. The van der Waals surface area contributed by atoms with Crippen LogP contribution in [0.4, 0.5) is 0 Å². The number of carbonyl (C=O) groups excluding carboxylic acids is 1. The van der Waals surface area contributed by atoms with E-state index >= 15 is 0 Å². The first-order valence-corrected chi connectivity index (χ1v) is 6.25. The molecule has 2 rings (SSSR count). The lowest BCUT2D eigenvalue weighted by molar-refractivity contribution is 0.0990. The molecule has 0 spiro atoms. The predicted octanol–water partition coefficient (Wildman–Crippen LogP) is 0.818. The van der Waals surface area contributed by atoms with Gasteiger partial charge in [-0.1, -0.05) is 29.8 Å². The SMILES string of the molecule is Cc1ccc(CC(=O)c2cn(C)c(=O)n(C)c2=O)cc1. The van der Waals surface area contributed by atoms with Crippen LogP contribution >= 0.6 is 0 Å². The van der Waals surface area contributed by atoms with E-state index in [1.807, 2.05) is 31.2 Å². The van der Waals surface area contributed by atoms with Crippen molar-refractivity contribution in [2.45, 2.75) is 13.3 Å². The van der Waals surface area contributed by atoms with Crippen LogP contribution in [0.1, 0.15) is 21.5 Å². The third kappa shape index (κ3) is 2.61. The molecule has 5 heteroatoms. The molecule has 20 heavy (non-hydrogen) atoms. The van der Waals surface area contributed by atoms with Gasteiger partial charge >= 0.3 is 5.69 Å². The number of hydrogen-bond acceptors (Lipinski definition) is 3. The van der Waals surface area contributed by atoms with Crippen molar-refractivity contribution >= 4 is 5.78 Å². The first-order valence-electron chi connectivity index (χ1n) is 6.25. The minimum atomic E-state index is -0.551. The zero-order valence-electron chi connectivity index (χ0n) is 11.7. The van der Waals surface area contributed by atoms with E-state index in [0.29, 0.717) is 0 Å². The third-order valence-corrected chi connectivity index (χ3v) is 3.23. The van der Waals surface area contributed by atoms with Crippen molar-refractivity contribution in [3.8, 4) is 0 Å². The van der Waals surface area contributed by atoms with E-state index < -0.39 is 11.2 Å². The maximum atomic E-state index is 12.2. The number of nitrogens with zero attached hydrogens (tertiary/aromatic N) is 2. The topological polar surface area (TPSA) is 61.1 Å². The summed E-state index contributed by atoms with van der Waals surface area (Å²) >= 11 is 0. The number of rotatable bonds is 3. The molecule has 0 saturated heterocycles. The average molecular weight is 272 g/mol. The van der Waals surface area contributed by atoms with E-state index in [1.54, 1.807) is 0 Å². The van der Waals surface area contributed by atoms with Gasteiger partial charge in [-0.25, -0.2) is 4.79 Å². The Morgan fingerprint density at radius 2 is 1.70 bits per heavy atom. The summed E-state index contributed by atoms with van der Waals surface area (Å²) in [6.07, 6.45) is 1.45. The maximum Gasteiger partial charge on any atom is 0.330 e. The van der Waals surface area contributed by atoms with E-state index in [-0.39, 0.29) is 17.8 Å². The summed E-state index contributed by atoms with van der Waals surface area (Å²) in [7, 11) is 2.89. The van der Waals surface area contributed by atoms with Crippen molar-refractivity contribution in [3.05, 3.63) is 68.0 Å². The van der Waals surface area contributed by atoms with Gasteiger partial charge in [0.05, 0.1) is 5.56 Å². The molecule has 0 atom stereocenters. The molecule has 0 aliphatic carbocycles. The summed E-state index contributed by atoms with van der Waals surface area (Å²) in [6, 6.07) is 7.56.